The summed E-state index contributed by atoms with van der Waals surface area (Å²) in [5.41, 5.74) is -0.0589. The lowest BCUT2D eigenvalue weighted by molar-refractivity contribution is 0.0236. The molecule has 0 aromatic heterocycles. The molecule has 1 aromatic carbocycles. The van der Waals surface area contributed by atoms with Crippen LogP contribution in [0.15, 0.2) is 17.0 Å². The molecule has 5 nitrogen and oxygen atoms in total. The van der Waals surface area contributed by atoms with E-state index in [0.717, 1.165) is 12.1 Å². The number of esters is 1. The van der Waals surface area contributed by atoms with Gasteiger partial charge in [0.1, 0.15) is 11.9 Å². The summed E-state index contributed by atoms with van der Waals surface area (Å²) in [6.07, 6.45) is -0.372. The number of sulfonamides is 1. The summed E-state index contributed by atoms with van der Waals surface area (Å²) in [7, 11) is -4.10. The molecule has 1 rings (SSSR count). The minimum absolute atomic E-state index is 0.0786. The number of rotatable bonds is 4. The van der Waals surface area contributed by atoms with Crippen molar-refractivity contribution in [3.63, 3.8) is 0 Å². The van der Waals surface area contributed by atoms with E-state index < -0.39 is 26.7 Å². The number of hydrogen-bond donors (Lipinski definition) is 1. The molecule has 0 bridgehead atoms. The fourth-order valence-corrected chi connectivity index (χ4v) is 2.34. The van der Waals surface area contributed by atoms with Crippen LogP contribution in [0.3, 0.4) is 0 Å². The van der Waals surface area contributed by atoms with E-state index in [9.17, 15) is 17.6 Å². The van der Waals surface area contributed by atoms with Gasteiger partial charge in [0.15, 0.2) is 0 Å². The Kier molecular flexibility index (Phi) is 4.88. The SMILES string of the molecule is Cc1c(C(=O)OC(C)C(C)C)cc(F)cc1S(N)(=O)=O. The van der Waals surface area contributed by atoms with Crippen LogP contribution in [0.1, 0.15) is 36.7 Å². The van der Waals surface area contributed by atoms with Crippen LogP contribution >= 0.6 is 0 Å². The van der Waals surface area contributed by atoms with E-state index in [1.54, 1.807) is 6.92 Å². The van der Waals surface area contributed by atoms with Crippen molar-refractivity contribution in [2.24, 2.45) is 11.1 Å². The molecular formula is C13H18FNO4S. The maximum absolute atomic E-state index is 13.5. The quantitative estimate of drug-likeness (QED) is 0.862. The number of nitrogens with two attached hydrogens (primary N) is 1. The molecule has 0 heterocycles. The summed E-state index contributed by atoms with van der Waals surface area (Å²) >= 11 is 0. The first-order valence-electron chi connectivity index (χ1n) is 6.08. The second-order valence-corrected chi connectivity index (χ2v) is 6.51. The Labute approximate surface area is 118 Å². The highest BCUT2D eigenvalue weighted by Gasteiger charge is 2.22. The molecular weight excluding hydrogens is 285 g/mol. The number of primary sulfonamides is 1. The van der Waals surface area contributed by atoms with E-state index in [1.807, 2.05) is 13.8 Å². The zero-order chi connectivity index (χ0) is 15.7. The first kappa shape index (κ1) is 16.6. The number of halogens is 1. The molecule has 0 saturated carbocycles. The molecule has 0 saturated heterocycles. The van der Waals surface area contributed by atoms with Crippen LogP contribution in [0.5, 0.6) is 0 Å². The third-order valence-corrected chi connectivity index (χ3v) is 4.12. The van der Waals surface area contributed by atoms with E-state index in [1.165, 1.54) is 6.92 Å². The second kappa shape index (κ2) is 5.88. The second-order valence-electron chi connectivity index (χ2n) is 4.98. The van der Waals surface area contributed by atoms with Crippen LogP contribution in [0, 0.1) is 18.7 Å². The molecule has 1 atom stereocenters. The zero-order valence-electron chi connectivity index (χ0n) is 11.8. The summed E-state index contributed by atoms with van der Waals surface area (Å²) in [4.78, 5) is 11.6. The summed E-state index contributed by atoms with van der Waals surface area (Å²) in [6, 6.07) is 1.73. The molecule has 0 aliphatic rings. The van der Waals surface area contributed by atoms with Crippen molar-refractivity contribution in [1.29, 1.82) is 0 Å². The van der Waals surface area contributed by atoms with Gasteiger partial charge in [-0.05, 0) is 37.5 Å². The Balaban J connectivity index is 3.26. The van der Waals surface area contributed by atoms with Gasteiger partial charge in [0.2, 0.25) is 10.0 Å². The molecule has 0 spiro atoms. The van der Waals surface area contributed by atoms with Crippen LogP contribution in [0.2, 0.25) is 0 Å². The molecule has 0 amide bonds. The Morgan fingerprint density at radius 1 is 1.30 bits per heavy atom. The standard InChI is InChI=1S/C13H18FNO4S/c1-7(2)9(4)19-13(16)11-5-10(14)6-12(8(11)3)20(15,17)18/h5-7,9H,1-4H3,(H2,15,17,18). The molecule has 7 heteroatoms. The summed E-state index contributed by atoms with van der Waals surface area (Å²) in [6.45, 7) is 6.83. The van der Waals surface area contributed by atoms with E-state index in [4.69, 9.17) is 9.88 Å². The van der Waals surface area contributed by atoms with E-state index in [0.29, 0.717) is 0 Å². The summed E-state index contributed by atoms with van der Waals surface area (Å²) < 4.78 is 41.4. The van der Waals surface area contributed by atoms with Crippen molar-refractivity contribution in [2.45, 2.75) is 38.7 Å². The molecule has 1 unspecified atom stereocenters. The highest BCUT2D eigenvalue weighted by Crippen LogP contribution is 2.21. The Hall–Kier alpha value is -1.47. The molecule has 2 N–H and O–H groups in total. The normalized spacial score (nSPS) is 13.3. The van der Waals surface area contributed by atoms with Gasteiger partial charge in [-0.3, -0.25) is 0 Å². The van der Waals surface area contributed by atoms with Gasteiger partial charge in [-0.25, -0.2) is 22.7 Å². The Morgan fingerprint density at radius 2 is 1.85 bits per heavy atom. The fraction of sp³-hybridized carbons (Fsp3) is 0.462. The molecule has 20 heavy (non-hydrogen) atoms. The monoisotopic (exact) mass is 303 g/mol. The Morgan fingerprint density at radius 3 is 2.30 bits per heavy atom. The average molecular weight is 303 g/mol. The zero-order valence-corrected chi connectivity index (χ0v) is 12.6. The highest BCUT2D eigenvalue weighted by molar-refractivity contribution is 7.89. The number of carbonyl (C=O) groups is 1. The number of carbonyl (C=O) groups excluding carboxylic acids is 1. The largest absolute Gasteiger partial charge is 0.459 e. The lowest BCUT2D eigenvalue weighted by atomic mass is 10.1. The predicted molar refractivity (Wildman–Crippen MR) is 72.2 cm³/mol. The maximum atomic E-state index is 13.5. The Bertz CT molecular complexity index is 626. The maximum Gasteiger partial charge on any atom is 0.338 e. The van der Waals surface area contributed by atoms with Gasteiger partial charge in [-0.2, -0.15) is 0 Å². The molecule has 1 aromatic rings. The van der Waals surface area contributed by atoms with E-state index in [-0.39, 0.29) is 23.1 Å². The van der Waals surface area contributed by atoms with Crippen molar-refractivity contribution in [3.05, 3.63) is 29.1 Å². The van der Waals surface area contributed by atoms with Crippen molar-refractivity contribution < 1.29 is 22.3 Å². The first-order valence-corrected chi connectivity index (χ1v) is 7.62. The van der Waals surface area contributed by atoms with Gasteiger partial charge in [0.25, 0.3) is 0 Å². The van der Waals surface area contributed by atoms with Crippen LogP contribution in [-0.4, -0.2) is 20.5 Å². The van der Waals surface area contributed by atoms with Gasteiger partial charge in [-0.1, -0.05) is 13.8 Å². The topological polar surface area (TPSA) is 86.5 Å². The van der Waals surface area contributed by atoms with E-state index >= 15 is 0 Å². The van der Waals surface area contributed by atoms with Gasteiger partial charge in [0.05, 0.1) is 10.5 Å². The molecule has 112 valence electrons. The van der Waals surface area contributed by atoms with Crippen molar-refractivity contribution in [3.8, 4) is 0 Å². The number of benzene rings is 1. The fourth-order valence-electron chi connectivity index (χ4n) is 1.53. The van der Waals surface area contributed by atoms with Crippen molar-refractivity contribution >= 4 is 16.0 Å². The first-order chi connectivity index (χ1) is 9.04. The highest BCUT2D eigenvalue weighted by atomic mass is 32.2. The predicted octanol–water partition coefficient (Wildman–Crippen LogP) is 1.98. The number of ether oxygens (including phenoxy) is 1. The van der Waals surface area contributed by atoms with Crippen LogP contribution in [0.25, 0.3) is 0 Å². The van der Waals surface area contributed by atoms with Gasteiger partial charge in [-0.15, -0.1) is 0 Å². The van der Waals surface area contributed by atoms with Gasteiger partial charge in [0, 0.05) is 0 Å². The average Bonchev–Trinajstić information content (AvgIpc) is 2.29. The van der Waals surface area contributed by atoms with Crippen LogP contribution < -0.4 is 5.14 Å². The minimum Gasteiger partial charge on any atom is -0.459 e. The number of hydrogen-bond acceptors (Lipinski definition) is 4. The summed E-state index contributed by atoms with van der Waals surface area (Å²) in [5.74, 6) is -1.54. The molecule has 0 aliphatic carbocycles. The molecule has 0 aliphatic heterocycles. The van der Waals surface area contributed by atoms with Crippen molar-refractivity contribution in [2.75, 3.05) is 0 Å². The third kappa shape index (κ3) is 3.77. The molecule has 0 fully saturated rings. The van der Waals surface area contributed by atoms with Gasteiger partial charge < -0.3 is 4.74 Å². The van der Waals surface area contributed by atoms with Crippen LogP contribution in [0.4, 0.5) is 4.39 Å². The lowest BCUT2D eigenvalue weighted by Gasteiger charge is -2.18. The van der Waals surface area contributed by atoms with Crippen LogP contribution in [-0.2, 0) is 14.8 Å². The summed E-state index contributed by atoms with van der Waals surface area (Å²) in [5, 5.41) is 5.00. The lowest BCUT2D eigenvalue weighted by Crippen LogP contribution is -2.22. The van der Waals surface area contributed by atoms with Gasteiger partial charge >= 0.3 is 5.97 Å². The smallest absolute Gasteiger partial charge is 0.338 e. The van der Waals surface area contributed by atoms with Crippen molar-refractivity contribution in [1.82, 2.24) is 0 Å². The molecule has 0 radical (unpaired) electrons. The minimum atomic E-state index is -4.10. The van der Waals surface area contributed by atoms with E-state index in [2.05, 4.69) is 0 Å². The third-order valence-electron chi connectivity index (χ3n) is 3.08.